The molecule has 1 heterocycles. The van der Waals surface area contributed by atoms with Crippen LogP contribution in [0.1, 0.15) is 6.92 Å². The van der Waals surface area contributed by atoms with Crippen LogP contribution in [-0.2, 0) is 6.54 Å². The van der Waals surface area contributed by atoms with Crippen LogP contribution in [0.15, 0.2) is 16.9 Å². The number of hydrogen-bond donors (Lipinski definition) is 2. The molecule has 12 heavy (non-hydrogen) atoms. The quantitative estimate of drug-likeness (QED) is 0.789. The van der Waals surface area contributed by atoms with Crippen LogP contribution in [0.25, 0.3) is 0 Å². The lowest BCUT2D eigenvalue weighted by Crippen LogP contribution is -2.47. The van der Waals surface area contributed by atoms with Crippen LogP contribution in [0, 0.1) is 0 Å². The summed E-state index contributed by atoms with van der Waals surface area (Å²) in [6.45, 7) is 2.99. The van der Waals surface area contributed by atoms with E-state index in [2.05, 4.69) is 21.0 Å². The lowest BCUT2D eigenvalue weighted by atomic mass is 10.1. The van der Waals surface area contributed by atoms with Crippen LogP contribution in [0.2, 0.25) is 0 Å². The van der Waals surface area contributed by atoms with Gasteiger partial charge in [0.15, 0.2) is 0 Å². The molecule has 4 nitrogen and oxygen atoms in total. The minimum absolute atomic E-state index is 0.383. The molecule has 0 bridgehead atoms. The summed E-state index contributed by atoms with van der Waals surface area (Å²) in [6, 6.07) is 0. The van der Waals surface area contributed by atoms with Gasteiger partial charge in [-0.3, -0.25) is 4.68 Å². The Kier molecular flexibility index (Phi) is 2.87. The topological polar surface area (TPSA) is 69.9 Å². The Morgan fingerprint density at radius 2 is 2.42 bits per heavy atom. The standard InChI is InChI=1S/C7H13BrN4/c1-7(10,4-9)5-12-3-6(8)2-11-12/h2-3H,4-5,9-10H2,1H3. The molecule has 0 saturated carbocycles. The van der Waals surface area contributed by atoms with Gasteiger partial charge in [0.2, 0.25) is 0 Å². The summed E-state index contributed by atoms with van der Waals surface area (Å²) in [7, 11) is 0. The van der Waals surface area contributed by atoms with Crippen LogP contribution in [0.4, 0.5) is 0 Å². The van der Waals surface area contributed by atoms with Gasteiger partial charge in [0.1, 0.15) is 0 Å². The van der Waals surface area contributed by atoms with E-state index in [0.29, 0.717) is 13.1 Å². The van der Waals surface area contributed by atoms with Gasteiger partial charge in [-0.15, -0.1) is 0 Å². The Balaban J connectivity index is 2.63. The van der Waals surface area contributed by atoms with E-state index in [9.17, 15) is 0 Å². The maximum absolute atomic E-state index is 5.86. The third kappa shape index (κ3) is 2.58. The van der Waals surface area contributed by atoms with Gasteiger partial charge in [-0.25, -0.2) is 0 Å². The van der Waals surface area contributed by atoms with Gasteiger partial charge >= 0.3 is 0 Å². The molecule has 4 N–H and O–H groups in total. The van der Waals surface area contributed by atoms with Gasteiger partial charge in [0.05, 0.1) is 17.2 Å². The minimum Gasteiger partial charge on any atom is -0.329 e. The highest BCUT2D eigenvalue weighted by atomic mass is 79.9. The highest BCUT2D eigenvalue weighted by Crippen LogP contribution is 2.08. The second-order valence-electron chi connectivity index (χ2n) is 3.21. The van der Waals surface area contributed by atoms with Crippen molar-refractivity contribution in [1.29, 1.82) is 0 Å². The third-order valence-electron chi connectivity index (χ3n) is 1.59. The molecule has 1 unspecified atom stereocenters. The van der Waals surface area contributed by atoms with Gasteiger partial charge in [0.25, 0.3) is 0 Å². The van der Waals surface area contributed by atoms with Crippen molar-refractivity contribution in [2.45, 2.75) is 19.0 Å². The molecule has 0 saturated heterocycles. The Morgan fingerprint density at radius 1 is 1.75 bits per heavy atom. The number of halogens is 1. The summed E-state index contributed by atoms with van der Waals surface area (Å²) in [5.41, 5.74) is 11.0. The highest BCUT2D eigenvalue weighted by Gasteiger charge is 2.16. The van der Waals surface area contributed by atoms with Crippen molar-refractivity contribution in [3.05, 3.63) is 16.9 Å². The molecule has 1 aromatic heterocycles. The minimum atomic E-state index is -0.383. The average molecular weight is 233 g/mol. The van der Waals surface area contributed by atoms with Crippen molar-refractivity contribution in [3.8, 4) is 0 Å². The van der Waals surface area contributed by atoms with E-state index in [1.165, 1.54) is 0 Å². The summed E-state index contributed by atoms with van der Waals surface area (Å²) in [5.74, 6) is 0. The first-order valence-electron chi connectivity index (χ1n) is 3.70. The van der Waals surface area contributed by atoms with Crippen LogP contribution < -0.4 is 11.5 Å². The first-order valence-corrected chi connectivity index (χ1v) is 4.50. The average Bonchev–Trinajstić information content (AvgIpc) is 2.35. The van der Waals surface area contributed by atoms with E-state index in [0.717, 1.165) is 4.47 Å². The second kappa shape index (κ2) is 3.55. The van der Waals surface area contributed by atoms with Gasteiger partial charge in [0, 0.05) is 18.3 Å². The van der Waals surface area contributed by atoms with E-state index < -0.39 is 0 Å². The Morgan fingerprint density at radius 3 is 2.83 bits per heavy atom. The molecule has 0 radical (unpaired) electrons. The van der Waals surface area contributed by atoms with Crippen molar-refractivity contribution in [1.82, 2.24) is 9.78 Å². The largest absolute Gasteiger partial charge is 0.329 e. The van der Waals surface area contributed by atoms with Crippen molar-refractivity contribution in [3.63, 3.8) is 0 Å². The number of hydrogen-bond acceptors (Lipinski definition) is 3. The summed E-state index contributed by atoms with van der Waals surface area (Å²) < 4.78 is 2.73. The lowest BCUT2D eigenvalue weighted by molar-refractivity contribution is 0.385. The fraction of sp³-hybridized carbons (Fsp3) is 0.571. The number of aromatic nitrogens is 2. The molecule has 0 aromatic carbocycles. The van der Waals surface area contributed by atoms with E-state index >= 15 is 0 Å². The zero-order valence-electron chi connectivity index (χ0n) is 7.00. The summed E-state index contributed by atoms with van der Waals surface area (Å²) in [5, 5.41) is 4.08. The molecular formula is C7H13BrN4. The molecule has 0 aliphatic carbocycles. The van der Waals surface area contributed by atoms with Crippen LogP contribution >= 0.6 is 15.9 Å². The SMILES string of the molecule is CC(N)(CN)Cn1cc(Br)cn1. The fourth-order valence-electron chi connectivity index (χ4n) is 0.859. The van der Waals surface area contributed by atoms with Crippen molar-refractivity contribution in [2.24, 2.45) is 11.5 Å². The highest BCUT2D eigenvalue weighted by molar-refractivity contribution is 9.10. The maximum Gasteiger partial charge on any atom is 0.0632 e. The zero-order valence-corrected chi connectivity index (χ0v) is 8.58. The normalized spacial score (nSPS) is 16.0. The molecule has 68 valence electrons. The molecule has 1 aromatic rings. The van der Waals surface area contributed by atoms with E-state index in [4.69, 9.17) is 11.5 Å². The number of rotatable bonds is 3. The van der Waals surface area contributed by atoms with Crippen molar-refractivity contribution < 1.29 is 0 Å². The predicted octanol–water partition coefficient (Wildman–Crippen LogP) is 0.322. The monoisotopic (exact) mass is 232 g/mol. The fourth-order valence-corrected chi connectivity index (χ4v) is 1.19. The first kappa shape index (κ1) is 9.70. The van der Waals surface area contributed by atoms with Crippen molar-refractivity contribution in [2.75, 3.05) is 6.54 Å². The van der Waals surface area contributed by atoms with Crippen LogP contribution in [0.3, 0.4) is 0 Å². The number of nitrogens with zero attached hydrogens (tertiary/aromatic N) is 2. The summed E-state index contributed by atoms with van der Waals surface area (Å²) >= 11 is 3.31. The Hall–Kier alpha value is -0.390. The molecule has 1 rings (SSSR count). The Bertz CT molecular complexity index is 256. The maximum atomic E-state index is 5.86. The molecule has 0 spiro atoms. The second-order valence-corrected chi connectivity index (χ2v) is 4.13. The molecule has 1 atom stereocenters. The van der Waals surface area contributed by atoms with Crippen molar-refractivity contribution >= 4 is 15.9 Å². The lowest BCUT2D eigenvalue weighted by Gasteiger charge is -2.21. The summed E-state index contributed by atoms with van der Waals surface area (Å²) in [6.07, 6.45) is 3.60. The molecular weight excluding hydrogens is 220 g/mol. The van der Waals surface area contributed by atoms with Crippen LogP contribution in [-0.4, -0.2) is 21.9 Å². The molecule has 0 aliphatic heterocycles. The van der Waals surface area contributed by atoms with Gasteiger partial charge in [-0.05, 0) is 22.9 Å². The van der Waals surface area contributed by atoms with Crippen LogP contribution in [0.5, 0.6) is 0 Å². The van der Waals surface area contributed by atoms with E-state index in [1.54, 1.807) is 10.9 Å². The molecule has 0 fully saturated rings. The smallest absolute Gasteiger partial charge is 0.0632 e. The number of nitrogens with two attached hydrogens (primary N) is 2. The zero-order chi connectivity index (χ0) is 9.19. The van der Waals surface area contributed by atoms with E-state index in [-0.39, 0.29) is 5.54 Å². The Labute approximate surface area is 80.0 Å². The van der Waals surface area contributed by atoms with Gasteiger partial charge < -0.3 is 11.5 Å². The predicted molar refractivity (Wildman–Crippen MR) is 51.6 cm³/mol. The van der Waals surface area contributed by atoms with Gasteiger partial charge in [-0.2, -0.15) is 5.10 Å². The van der Waals surface area contributed by atoms with E-state index in [1.807, 2.05) is 13.1 Å². The first-order chi connectivity index (χ1) is 5.53. The molecule has 5 heteroatoms. The summed E-state index contributed by atoms with van der Waals surface area (Å²) in [4.78, 5) is 0. The molecule has 0 amide bonds. The molecule has 0 aliphatic rings. The van der Waals surface area contributed by atoms with Gasteiger partial charge in [-0.1, -0.05) is 0 Å². The third-order valence-corrected chi connectivity index (χ3v) is 2.00.